The average Bonchev–Trinajstić information content (AvgIpc) is 2.79. The molecule has 0 fully saturated rings. The van der Waals surface area contributed by atoms with Gasteiger partial charge in [0.25, 0.3) is 15.9 Å². The highest BCUT2D eigenvalue weighted by Gasteiger charge is 2.26. The SMILES string of the molecule is COc1ccc(NC(=O)c2ccccc2N(C)S(=O)(=O)c2cccc(C(=O)O)c2)cc1. The third-order valence-electron chi connectivity index (χ3n) is 4.58. The molecule has 3 aromatic rings. The first-order chi connectivity index (χ1) is 14.7. The number of carboxylic acids is 1. The summed E-state index contributed by atoms with van der Waals surface area (Å²) in [6.45, 7) is 0. The second-order valence-electron chi connectivity index (χ2n) is 6.51. The lowest BCUT2D eigenvalue weighted by molar-refractivity contribution is 0.0696. The molecule has 9 heteroatoms. The number of amides is 1. The van der Waals surface area contributed by atoms with Crippen LogP contribution in [0.25, 0.3) is 0 Å². The Labute approximate surface area is 179 Å². The number of nitrogens with one attached hydrogen (secondary N) is 1. The Bertz CT molecular complexity index is 1220. The highest BCUT2D eigenvalue weighted by molar-refractivity contribution is 7.92. The summed E-state index contributed by atoms with van der Waals surface area (Å²) >= 11 is 0. The van der Waals surface area contributed by atoms with Gasteiger partial charge in [-0.25, -0.2) is 13.2 Å². The fourth-order valence-corrected chi connectivity index (χ4v) is 4.15. The molecule has 1 amide bonds. The van der Waals surface area contributed by atoms with Gasteiger partial charge in [0.2, 0.25) is 0 Å². The molecule has 0 aliphatic heterocycles. The van der Waals surface area contributed by atoms with E-state index in [4.69, 9.17) is 9.84 Å². The van der Waals surface area contributed by atoms with Gasteiger partial charge in [-0.05, 0) is 54.6 Å². The van der Waals surface area contributed by atoms with Gasteiger partial charge in [-0.1, -0.05) is 18.2 Å². The molecule has 0 spiro atoms. The van der Waals surface area contributed by atoms with Crippen LogP contribution in [0.15, 0.2) is 77.7 Å². The predicted octanol–water partition coefficient (Wildman–Crippen LogP) is 3.47. The maximum absolute atomic E-state index is 13.1. The van der Waals surface area contributed by atoms with E-state index in [1.807, 2.05) is 0 Å². The first-order valence-electron chi connectivity index (χ1n) is 9.11. The van der Waals surface area contributed by atoms with E-state index in [9.17, 15) is 18.0 Å². The molecule has 2 N–H and O–H groups in total. The standard InChI is InChI=1S/C22H20N2O6S/c1-24(31(28,29)18-7-5-6-15(14-18)22(26)27)20-9-4-3-8-19(20)21(25)23-16-10-12-17(30-2)13-11-16/h3-14H,1-2H3,(H,23,25)(H,26,27). The Balaban J connectivity index is 1.93. The van der Waals surface area contributed by atoms with Crippen LogP contribution in [0, 0.1) is 0 Å². The third-order valence-corrected chi connectivity index (χ3v) is 6.34. The number of aromatic carboxylic acids is 1. The van der Waals surface area contributed by atoms with Gasteiger partial charge in [0.1, 0.15) is 5.75 Å². The van der Waals surface area contributed by atoms with Crippen LogP contribution >= 0.6 is 0 Å². The smallest absolute Gasteiger partial charge is 0.335 e. The molecule has 0 aliphatic carbocycles. The summed E-state index contributed by atoms with van der Waals surface area (Å²) in [6.07, 6.45) is 0. The van der Waals surface area contributed by atoms with E-state index < -0.39 is 21.9 Å². The Morgan fingerprint density at radius 1 is 0.968 bits per heavy atom. The lowest BCUT2D eigenvalue weighted by atomic mass is 10.1. The molecule has 0 heterocycles. The number of sulfonamides is 1. The Hall–Kier alpha value is -3.85. The topological polar surface area (TPSA) is 113 Å². The van der Waals surface area contributed by atoms with E-state index in [1.54, 1.807) is 36.4 Å². The number of carbonyl (C=O) groups is 2. The van der Waals surface area contributed by atoms with Crippen LogP contribution in [0.3, 0.4) is 0 Å². The fraction of sp³-hybridized carbons (Fsp3) is 0.0909. The summed E-state index contributed by atoms with van der Waals surface area (Å²) < 4.78 is 32.2. The molecule has 0 atom stereocenters. The second-order valence-corrected chi connectivity index (χ2v) is 8.47. The zero-order chi connectivity index (χ0) is 22.6. The number of nitrogens with zero attached hydrogens (tertiary/aromatic N) is 1. The number of methoxy groups -OCH3 is 1. The van der Waals surface area contributed by atoms with Crippen molar-refractivity contribution in [3.8, 4) is 5.75 Å². The lowest BCUT2D eigenvalue weighted by Crippen LogP contribution is -2.29. The number of carboxylic acid groups (broad SMARTS) is 1. The molecule has 0 saturated heterocycles. The van der Waals surface area contributed by atoms with Crippen molar-refractivity contribution >= 4 is 33.3 Å². The van der Waals surface area contributed by atoms with E-state index in [0.29, 0.717) is 11.4 Å². The van der Waals surface area contributed by atoms with Gasteiger partial charge in [-0.2, -0.15) is 0 Å². The number of ether oxygens (including phenoxy) is 1. The Morgan fingerprint density at radius 3 is 2.29 bits per heavy atom. The molecule has 0 aliphatic rings. The molecule has 0 unspecified atom stereocenters. The van der Waals surface area contributed by atoms with Crippen molar-refractivity contribution in [2.75, 3.05) is 23.8 Å². The van der Waals surface area contributed by atoms with Crippen molar-refractivity contribution < 1.29 is 27.9 Å². The maximum atomic E-state index is 13.1. The largest absolute Gasteiger partial charge is 0.497 e. The van der Waals surface area contributed by atoms with Crippen LogP contribution in [0.5, 0.6) is 5.75 Å². The first-order valence-corrected chi connectivity index (χ1v) is 10.5. The molecule has 3 rings (SSSR count). The van der Waals surface area contributed by atoms with Crippen LogP contribution in [-0.2, 0) is 10.0 Å². The summed E-state index contributed by atoms with van der Waals surface area (Å²) in [4.78, 5) is 23.9. The summed E-state index contributed by atoms with van der Waals surface area (Å²) in [7, 11) is -1.27. The zero-order valence-corrected chi connectivity index (χ0v) is 17.6. The fourth-order valence-electron chi connectivity index (χ4n) is 2.89. The molecule has 160 valence electrons. The molecule has 0 aromatic heterocycles. The van der Waals surface area contributed by atoms with E-state index >= 15 is 0 Å². The van der Waals surface area contributed by atoms with Gasteiger partial charge >= 0.3 is 5.97 Å². The van der Waals surface area contributed by atoms with Crippen molar-refractivity contribution in [2.24, 2.45) is 0 Å². The average molecular weight is 440 g/mol. The molecular weight excluding hydrogens is 420 g/mol. The molecule has 8 nitrogen and oxygen atoms in total. The molecule has 0 radical (unpaired) electrons. The van der Waals surface area contributed by atoms with E-state index in [0.717, 1.165) is 10.4 Å². The van der Waals surface area contributed by atoms with E-state index in [-0.39, 0.29) is 21.7 Å². The van der Waals surface area contributed by atoms with Crippen LogP contribution in [-0.4, -0.2) is 39.6 Å². The zero-order valence-electron chi connectivity index (χ0n) is 16.8. The number of hydrogen-bond donors (Lipinski definition) is 2. The van der Waals surface area contributed by atoms with Gasteiger partial charge in [-0.15, -0.1) is 0 Å². The minimum atomic E-state index is -4.11. The quantitative estimate of drug-likeness (QED) is 0.582. The molecule has 31 heavy (non-hydrogen) atoms. The van der Waals surface area contributed by atoms with Crippen LogP contribution in [0.1, 0.15) is 20.7 Å². The second kappa shape index (κ2) is 8.88. The van der Waals surface area contributed by atoms with E-state index in [1.165, 1.54) is 44.5 Å². The van der Waals surface area contributed by atoms with Gasteiger partial charge in [-0.3, -0.25) is 9.10 Å². The van der Waals surface area contributed by atoms with E-state index in [2.05, 4.69) is 5.32 Å². The van der Waals surface area contributed by atoms with Crippen molar-refractivity contribution in [1.82, 2.24) is 0 Å². The summed E-state index contributed by atoms with van der Waals surface area (Å²) in [5.41, 5.74) is 0.647. The minimum absolute atomic E-state index is 0.138. The number of carbonyl (C=O) groups excluding carboxylic acids is 1. The minimum Gasteiger partial charge on any atom is -0.497 e. The number of rotatable bonds is 7. The number of para-hydroxylation sites is 1. The number of anilines is 2. The number of hydrogen-bond acceptors (Lipinski definition) is 5. The maximum Gasteiger partial charge on any atom is 0.335 e. The van der Waals surface area contributed by atoms with Crippen molar-refractivity contribution in [3.63, 3.8) is 0 Å². The predicted molar refractivity (Wildman–Crippen MR) is 116 cm³/mol. The van der Waals surface area contributed by atoms with Gasteiger partial charge < -0.3 is 15.2 Å². The summed E-state index contributed by atoms with van der Waals surface area (Å²) in [5.74, 6) is -1.10. The van der Waals surface area contributed by atoms with Crippen molar-refractivity contribution in [1.29, 1.82) is 0 Å². The molecule has 3 aromatic carbocycles. The van der Waals surface area contributed by atoms with Gasteiger partial charge in [0.05, 0.1) is 28.8 Å². The highest BCUT2D eigenvalue weighted by atomic mass is 32.2. The molecular formula is C22H20N2O6S. The van der Waals surface area contributed by atoms with Crippen molar-refractivity contribution in [3.05, 3.63) is 83.9 Å². The lowest BCUT2D eigenvalue weighted by Gasteiger charge is -2.22. The van der Waals surface area contributed by atoms with Crippen molar-refractivity contribution in [2.45, 2.75) is 4.90 Å². The third kappa shape index (κ3) is 4.67. The molecule has 0 bridgehead atoms. The summed E-state index contributed by atoms with van der Waals surface area (Å²) in [5, 5.41) is 11.9. The monoisotopic (exact) mass is 440 g/mol. The Kier molecular flexibility index (Phi) is 6.26. The van der Waals surface area contributed by atoms with Crippen LogP contribution in [0.2, 0.25) is 0 Å². The summed E-state index contributed by atoms with van der Waals surface area (Å²) in [6, 6.07) is 18.0. The van der Waals surface area contributed by atoms with Gasteiger partial charge in [0, 0.05) is 12.7 Å². The molecule has 0 saturated carbocycles. The van der Waals surface area contributed by atoms with Crippen LogP contribution < -0.4 is 14.4 Å². The Morgan fingerprint density at radius 2 is 1.65 bits per heavy atom. The first kappa shape index (κ1) is 21.8. The van der Waals surface area contributed by atoms with Gasteiger partial charge in [0.15, 0.2) is 0 Å². The normalized spacial score (nSPS) is 10.9. The highest BCUT2D eigenvalue weighted by Crippen LogP contribution is 2.27. The van der Waals surface area contributed by atoms with Crippen LogP contribution in [0.4, 0.5) is 11.4 Å². The number of benzene rings is 3.